The highest BCUT2D eigenvalue weighted by Crippen LogP contribution is 2.41. The lowest BCUT2D eigenvalue weighted by molar-refractivity contribution is 0.101. The highest BCUT2D eigenvalue weighted by Gasteiger charge is 2.30. The van der Waals surface area contributed by atoms with E-state index >= 15 is 0 Å². The summed E-state index contributed by atoms with van der Waals surface area (Å²) in [5.74, 6) is 0.538. The van der Waals surface area contributed by atoms with E-state index in [1.165, 1.54) is 43.2 Å². The summed E-state index contributed by atoms with van der Waals surface area (Å²) < 4.78 is 5.52. The van der Waals surface area contributed by atoms with E-state index in [1.54, 1.807) is 26.2 Å². The van der Waals surface area contributed by atoms with Crippen LogP contribution in [0.2, 0.25) is 0 Å². The van der Waals surface area contributed by atoms with E-state index in [9.17, 15) is 4.79 Å². The molecule has 29 heavy (non-hydrogen) atoms. The fourth-order valence-electron chi connectivity index (χ4n) is 4.32. The molecule has 1 aliphatic rings. The van der Waals surface area contributed by atoms with Crippen molar-refractivity contribution >= 4 is 17.4 Å². The molecule has 0 amide bonds. The van der Waals surface area contributed by atoms with Gasteiger partial charge in [0.1, 0.15) is 0 Å². The summed E-state index contributed by atoms with van der Waals surface area (Å²) in [7, 11) is 1.61. The predicted octanol–water partition coefficient (Wildman–Crippen LogP) is 6.48. The minimum Gasteiger partial charge on any atom is -0.481 e. The molecule has 0 atom stereocenters. The zero-order chi connectivity index (χ0) is 21.0. The smallest absolute Gasteiger partial charge is 0.220 e. The third-order valence-electron chi connectivity index (χ3n) is 6.15. The van der Waals surface area contributed by atoms with Crippen molar-refractivity contribution < 1.29 is 9.53 Å². The van der Waals surface area contributed by atoms with Gasteiger partial charge < -0.3 is 4.74 Å². The minimum atomic E-state index is 0.0419. The third kappa shape index (κ3) is 4.67. The van der Waals surface area contributed by atoms with E-state index in [4.69, 9.17) is 4.74 Å². The second-order valence-electron chi connectivity index (χ2n) is 8.35. The molecule has 2 aromatic rings. The summed E-state index contributed by atoms with van der Waals surface area (Å²) in [5.41, 5.74) is 6.18. The van der Waals surface area contributed by atoms with E-state index in [0.717, 1.165) is 11.1 Å². The molecule has 3 rings (SSSR count). The van der Waals surface area contributed by atoms with Gasteiger partial charge in [0, 0.05) is 11.1 Å². The van der Waals surface area contributed by atoms with Gasteiger partial charge in [-0.05, 0) is 67.0 Å². The van der Waals surface area contributed by atoms with Crippen LogP contribution in [0, 0.1) is 6.92 Å². The van der Waals surface area contributed by atoms with Gasteiger partial charge in [0.05, 0.1) is 12.8 Å². The first-order valence-corrected chi connectivity index (χ1v) is 10.4. The van der Waals surface area contributed by atoms with Crippen LogP contribution >= 0.6 is 0 Å². The largest absolute Gasteiger partial charge is 0.481 e. The van der Waals surface area contributed by atoms with Crippen molar-refractivity contribution in [2.45, 2.75) is 58.3 Å². The molecule has 0 radical (unpaired) electrons. The molecule has 0 spiro atoms. The molecule has 0 N–H and O–H groups in total. The number of Topliss-reactive ketones (excluding diaryl/α,β-unsaturated/α-hetero) is 1. The van der Waals surface area contributed by atoms with Crippen molar-refractivity contribution in [2.24, 2.45) is 4.99 Å². The number of hydrogen-bond donors (Lipinski definition) is 0. The van der Waals surface area contributed by atoms with Crippen LogP contribution in [0.5, 0.6) is 0 Å². The topological polar surface area (TPSA) is 38.7 Å². The van der Waals surface area contributed by atoms with E-state index in [0.29, 0.717) is 17.2 Å². The highest BCUT2D eigenvalue weighted by molar-refractivity contribution is 5.99. The molecule has 0 aromatic heterocycles. The number of methoxy groups -OCH3 is 1. The number of ether oxygens (including phenoxy) is 1. The maximum atomic E-state index is 11.5. The van der Waals surface area contributed by atoms with Crippen molar-refractivity contribution in [2.75, 3.05) is 7.11 Å². The van der Waals surface area contributed by atoms with Gasteiger partial charge in [-0.3, -0.25) is 4.79 Å². The minimum absolute atomic E-state index is 0.0419. The summed E-state index contributed by atoms with van der Waals surface area (Å²) in [4.78, 5) is 16.2. The Kier molecular flexibility index (Phi) is 6.36. The first-order valence-electron chi connectivity index (χ1n) is 10.4. The lowest BCUT2D eigenvalue weighted by atomic mass is 9.69. The van der Waals surface area contributed by atoms with Gasteiger partial charge in [0.25, 0.3) is 0 Å². The van der Waals surface area contributed by atoms with E-state index in [2.05, 4.69) is 43.6 Å². The Morgan fingerprint density at radius 2 is 1.59 bits per heavy atom. The second kappa shape index (κ2) is 8.77. The van der Waals surface area contributed by atoms with Gasteiger partial charge >= 0.3 is 0 Å². The van der Waals surface area contributed by atoms with Crippen LogP contribution in [-0.4, -0.2) is 18.8 Å². The number of aryl methyl sites for hydroxylation is 1. The average Bonchev–Trinajstić information content (AvgIpc) is 2.72. The van der Waals surface area contributed by atoms with Crippen LogP contribution < -0.4 is 0 Å². The fraction of sp³-hybridized carbons (Fsp3) is 0.385. The highest BCUT2D eigenvalue weighted by atomic mass is 16.5. The van der Waals surface area contributed by atoms with Crippen LogP contribution in [0.1, 0.15) is 78.6 Å². The van der Waals surface area contributed by atoms with Gasteiger partial charge in [0.15, 0.2) is 5.78 Å². The normalized spacial score (nSPS) is 16.3. The van der Waals surface area contributed by atoms with Crippen LogP contribution in [0.25, 0.3) is 5.70 Å². The predicted molar refractivity (Wildman–Crippen MR) is 121 cm³/mol. The molecule has 1 fully saturated rings. The number of carbonyl (C=O) groups is 1. The van der Waals surface area contributed by atoms with Crippen LogP contribution in [0.3, 0.4) is 0 Å². The Hall–Kier alpha value is -2.68. The Morgan fingerprint density at radius 1 is 1.00 bits per heavy atom. The standard InChI is InChI=1S/C26H31NO2/c1-18-9-10-23(17-24(18)26(4)15-7-6-8-16-26)19(2)27-25(29-5)22-13-11-21(12-14-22)20(3)28/h9-14,17H,2,6-8,15-16H2,1,3-5H3. The molecule has 1 saturated carbocycles. The van der Waals surface area contributed by atoms with E-state index < -0.39 is 0 Å². The fourth-order valence-corrected chi connectivity index (χ4v) is 4.32. The first kappa shape index (κ1) is 21.0. The van der Waals surface area contributed by atoms with Crippen LogP contribution in [0.15, 0.2) is 54.0 Å². The first-order chi connectivity index (χ1) is 13.8. The number of ketones is 1. The number of hydrogen-bond acceptors (Lipinski definition) is 3. The van der Waals surface area contributed by atoms with Gasteiger partial charge in [-0.2, -0.15) is 0 Å². The average molecular weight is 390 g/mol. The molecule has 0 heterocycles. The van der Waals surface area contributed by atoms with Crippen molar-refractivity contribution in [3.63, 3.8) is 0 Å². The zero-order valence-electron chi connectivity index (χ0n) is 18.0. The second-order valence-corrected chi connectivity index (χ2v) is 8.35. The van der Waals surface area contributed by atoms with Gasteiger partial charge in [-0.1, -0.05) is 57.0 Å². The maximum absolute atomic E-state index is 11.5. The lowest BCUT2D eigenvalue weighted by Crippen LogP contribution is -2.26. The summed E-state index contributed by atoms with van der Waals surface area (Å²) in [6.07, 6.45) is 6.40. The molecule has 0 saturated heterocycles. The molecule has 3 nitrogen and oxygen atoms in total. The van der Waals surface area contributed by atoms with Gasteiger partial charge in [0.2, 0.25) is 5.90 Å². The van der Waals surface area contributed by atoms with Crippen molar-refractivity contribution in [3.05, 3.63) is 76.9 Å². The zero-order valence-corrected chi connectivity index (χ0v) is 18.0. The lowest BCUT2D eigenvalue weighted by Gasteiger charge is -2.35. The molecule has 0 unspecified atom stereocenters. The number of rotatable bonds is 5. The summed E-state index contributed by atoms with van der Waals surface area (Å²) in [6, 6.07) is 13.8. The molecule has 0 bridgehead atoms. The molecular weight excluding hydrogens is 358 g/mol. The maximum Gasteiger partial charge on any atom is 0.220 e. The summed E-state index contributed by atoms with van der Waals surface area (Å²) in [6.45, 7) is 10.3. The van der Waals surface area contributed by atoms with Gasteiger partial charge in [-0.15, -0.1) is 0 Å². The van der Waals surface area contributed by atoms with E-state index in [1.807, 2.05) is 12.1 Å². The number of carbonyl (C=O) groups excluding carboxylic acids is 1. The Labute approximate surface area is 174 Å². The molecule has 0 aliphatic heterocycles. The Morgan fingerprint density at radius 3 is 2.17 bits per heavy atom. The number of benzene rings is 2. The SMILES string of the molecule is C=C(N=C(OC)c1ccc(C(C)=O)cc1)c1ccc(C)c(C2(C)CCCCC2)c1. The number of aliphatic imine (C=N–C) groups is 1. The molecular formula is C26H31NO2. The van der Waals surface area contributed by atoms with Crippen LogP contribution in [-0.2, 0) is 10.2 Å². The Balaban J connectivity index is 1.90. The van der Waals surface area contributed by atoms with Crippen molar-refractivity contribution in [1.82, 2.24) is 0 Å². The van der Waals surface area contributed by atoms with Crippen molar-refractivity contribution in [3.8, 4) is 0 Å². The third-order valence-corrected chi connectivity index (χ3v) is 6.15. The Bertz CT molecular complexity index is 932. The monoisotopic (exact) mass is 389 g/mol. The van der Waals surface area contributed by atoms with Crippen molar-refractivity contribution in [1.29, 1.82) is 0 Å². The number of nitrogens with zero attached hydrogens (tertiary/aromatic N) is 1. The molecule has 3 heteroatoms. The summed E-state index contributed by atoms with van der Waals surface area (Å²) in [5, 5.41) is 0. The molecule has 1 aliphatic carbocycles. The quantitative estimate of drug-likeness (QED) is 0.333. The van der Waals surface area contributed by atoms with Crippen LogP contribution in [0.4, 0.5) is 0 Å². The molecule has 152 valence electrons. The molecule has 2 aromatic carbocycles. The van der Waals surface area contributed by atoms with Gasteiger partial charge in [-0.25, -0.2) is 4.99 Å². The van der Waals surface area contributed by atoms with E-state index in [-0.39, 0.29) is 11.2 Å². The summed E-state index contributed by atoms with van der Waals surface area (Å²) >= 11 is 0.